The molecule has 0 saturated heterocycles. The van der Waals surface area contributed by atoms with Gasteiger partial charge in [0, 0.05) is 13.2 Å². The summed E-state index contributed by atoms with van der Waals surface area (Å²) in [6.45, 7) is 12.4. The first-order valence-corrected chi connectivity index (χ1v) is 8.23. The van der Waals surface area contributed by atoms with E-state index in [9.17, 15) is 0 Å². The van der Waals surface area contributed by atoms with Crippen LogP contribution in [0.1, 0.15) is 79.6 Å². The lowest BCUT2D eigenvalue weighted by Gasteiger charge is -2.36. The summed E-state index contributed by atoms with van der Waals surface area (Å²) >= 11 is 0. The summed E-state index contributed by atoms with van der Waals surface area (Å²) in [5, 5.41) is 3.69. The Morgan fingerprint density at radius 2 is 1.58 bits per heavy atom. The average Bonchev–Trinajstić information content (AvgIpc) is 2.34. The van der Waals surface area contributed by atoms with Crippen LogP contribution < -0.4 is 5.32 Å². The van der Waals surface area contributed by atoms with Gasteiger partial charge in [-0.2, -0.15) is 0 Å². The van der Waals surface area contributed by atoms with Crippen molar-refractivity contribution in [2.75, 3.05) is 13.7 Å². The van der Waals surface area contributed by atoms with Crippen LogP contribution >= 0.6 is 0 Å². The molecule has 0 spiro atoms. The Bertz CT molecular complexity index is 198. The van der Waals surface area contributed by atoms with Crippen molar-refractivity contribution in [1.82, 2.24) is 5.32 Å². The Labute approximate surface area is 121 Å². The fourth-order valence-electron chi connectivity index (χ4n) is 2.78. The molecule has 0 aliphatic carbocycles. The van der Waals surface area contributed by atoms with E-state index in [2.05, 4.69) is 39.9 Å². The summed E-state index contributed by atoms with van der Waals surface area (Å²) < 4.78 is 5.79. The number of methoxy groups -OCH3 is 1. The highest BCUT2D eigenvalue weighted by molar-refractivity contribution is 4.86. The van der Waals surface area contributed by atoms with Crippen LogP contribution in [0.5, 0.6) is 0 Å². The van der Waals surface area contributed by atoms with E-state index in [1.807, 2.05) is 7.11 Å². The molecule has 2 nitrogen and oxygen atoms in total. The molecule has 2 atom stereocenters. The summed E-state index contributed by atoms with van der Waals surface area (Å²) in [5.41, 5.74) is 0.198. The zero-order valence-corrected chi connectivity index (χ0v) is 14.2. The first kappa shape index (κ1) is 18.9. The molecule has 2 heteroatoms. The van der Waals surface area contributed by atoms with Crippen LogP contribution in [0.15, 0.2) is 0 Å². The van der Waals surface area contributed by atoms with Gasteiger partial charge in [-0.3, -0.25) is 0 Å². The zero-order chi connectivity index (χ0) is 14.7. The molecule has 0 aliphatic heterocycles. The number of hydrogen-bond acceptors (Lipinski definition) is 2. The molecule has 0 aromatic rings. The molecule has 116 valence electrons. The highest BCUT2D eigenvalue weighted by Gasteiger charge is 2.31. The maximum atomic E-state index is 5.79. The van der Waals surface area contributed by atoms with E-state index in [1.54, 1.807) is 0 Å². The Morgan fingerprint density at radius 1 is 0.947 bits per heavy atom. The second-order valence-electron chi connectivity index (χ2n) is 6.79. The highest BCUT2D eigenvalue weighted by atomic mass is 16.5. The van der Waals surface area contributed by atoms with E-state index in [0.717, 1.165) is 6.54 Å². The van der Waals surface area contributed by atoms with E-state index in [1.165, 1.54) is 44.9 Å². The standard InChI is InChI=1S/C17H37NO/c1-7-9-10-11-12-13-15(18-14-8-2)16(19-6)17(3,4)5/h15-16,18H,7-14H2,1-6H3. The quantitative estimate of drug-likeness (QED) is 0.546. The average molecular weight is 271 g/mol. The van der Waals surface area contributed by atoms with Gasteiger partial charge in [-0.25, -0.2) is 0 Å². The van der Waals surface area contributed by atoms with Crippen LogP contribution in [0.3, 0.4) is 0 Å². The van der Waals surface area contributed by atoms with Gasteiger partial charge in [-0.05, 0) is 24.8 Å². The van der Waals surface area contributed by atoms with E-state index < -0.39 is 0 Å². The molecule has 0 fully saturated rings. The SMILES string of the molecule is CCCCCCCC(NCCC)C(OC)C(C)(C)C. The first-order chi connectivity index (χ1) is 8.97. The van der Waals surface area contributed by atoms with Gasteiger partial charge in [0.2, 0.25) is 0 Å². The number of nitrogens with one attached hydrogen (secondary N) is 1. The van der Waals surface area contributed by atoms with Crippen molar-refractivity contribution in [1.29, 1.82) is 0 Å². The highest BCUT2D eigenvalue weighted by Crippen LogP contribution is 2.27. The van der Waals surface area contributed by atoms with Gasteiger partial charge in [-0.15, -0.1) is 0 Å². The van der Waals surface area contributed by atoms with Gasteiger partial charge in [0.05, 0.1) is 6.10 Å². The molecular formula is C17H37NO. The lowest BCUT2D eigenvalue weighted by molar-refractivity contribution is -0.0136. The van der Waals surface area contributed by atoms with Crippen LogP contribution in [-0.4, -0.2) is 25.8 Å². The van der Waals surface area contributed by atoms with Crippen LogP contribution in [0.2, 0.25) is 0 Å². The third-order valence-electron chi connectivity index (χ3n) is 3.75. The molecule has 0 aromatic heterocycles. The maximum absolute atomic E-state index is 5.79. The predicted molar refractivity (Wildman–Crippen MR) is 85.7 cm³/mol. The van der Waals surface area contributed by atoms with Gasteiger partial charge < -0.3 is 10.1 Å². The minimum absolute atomic E-state index is 0.198. The van der Waals surface area contributed by atoms with Crippen molar-refractivity contribution >= 4 is 0 Å². The number of unbranched alkanes of at least 4 members (excludes halogenated alkanes) is 4. The molecule has 2 unspecified atom stereocenters. The molecule has 1 N–H and O–H groups in total. The third kappa shape index (κ3) is 8.65. The normalized spacial score (nSPS) is 15.5. The number of ether oxygens (including phenoxy) is 1. The number of rotatable bonds is 11. The zero-order valence-electron chi connectivity index (χ0n) is 14.2. The van der Waals surface area contributed by atoms with E-state index in [0.29, 0.717) is 12.1 Å². The molecule has 0 radical (unpaired) electrons. The largest absolute Gasteiger partial charge is 0.379 e. The van der Waals surface area contributed by atoms with Gasteiger partial charge in [0.25, 0.3) is 0 Å². The van der Waals surface area contributed by atoms with Gasteiger partial charge in [-0.1, -0.05) is 66.7 Å². The minimum atomic E-state index is 0.198. The van der Waals surface area contributed by atoms with Gasteiger partial charge in [0.1, 0.15) is 0 Å². The van der Waals surface area contributed by atoms with E-state index in [-0.39, 0.29) is 5.41 Å². The molecular weight excluding hydrogens is 234 g/mol. The Hall–Kier alpha value is -0.0800. The summed E-state index contributed by atoms with van der Waals surface area (Å²) in [4.78, 5) is 0. The Balaban J connectivity index is 4.27. The van der Waals surface area contributed by atoms with Crippen LogP contribution in [-0.2, 0) is 4.74 Å². The minimum Gasteiger partial charge on any atom is -0.379 e. The molecule has 0 aliphatic rings. The van der Waals surface area contributed by atoms with Crippen LogP contribution in [0.4, 0.5) is 0 Å². The fourth-order valence-corrected chi connectivity index (χ4v) is 2.78. The second kappa shape index (κ2) is 10.7. The van der Waals surface area contributed by atoms with E-state index >= 15 is 0 Å². The predicted octanol–water partition coefficient (Wildman–Crippen LogP) is 4.78. The molecule has 0 rings (SSSR count). The summed E-state index contributed by atoms with van der Waals surface area (Å²) in [5.74, 6) is 0. The molecule has 0 saturated carbocycles. The molecule has 0 amide bonds. The Morgan fingerprint density at radius 3 is 2.05 bits per heavy atom. The number of hydrogen-bond donors (Lipinski definition) is 1. The van der Waals surface area contributed by atoms with Crippen molar-refractivity contribution in [2.24, 2.45) is 5.41 Å². The third-order valence-corrected chi connectivity index (χ3v) is 3.75. The summed E-state index contributed by atoms with van der Waals surface area (Å²) in [6, 6.07) is 0.492. The lowest BCUT2D eigenvalue weighted by atomic mass is 9.82. The fraction of sp³-hybridized carbons (Fsp3) is 1.00. The summed E-state index contributed by atoms with van der Waals surface area (Å²) in [6.07, 6.45) is 9.47. The first-order valence-electron chi connectivity index (χ1n) is 8.23. The van der Waals surface area contributed by atoms with Gasteiger partial charge >= 0.3 is 0 Å². The maximum Gasteiger partial charge on any atom is 0.0772 e. The van der Waals surface area contributed by atoms with E-state index in [4.69, 9.17) is 4.74 Å². The Kier molecular flexibility index (Phi) is 10.6. The summed E-state index contributed by atoms with van der Waals surface area (Å²) in [7, 11) is 1.85. The smallest absolute Gasteiger partial charge is 0.0772 e. The van der Waals surface area contributed by atoms with Crippen molar-refractivity contribution in [3.8, 4) is 0 Å². The topological polar surface area (TPSA) is 21.3 Å². The van der Waals surface area contributed by atoms with Crippen molar-refractivity contribution < 1.29 is 4.74 Å². The molecule has 19 heavy (non-hydrogen) atoms. The second-order valence-corrected chi connectivity index (χ2v) is 6.79. The van der Waals surface area contributed by atoms with Crippen LogP contribution in [0, 0.1) is 5.41 Å². The molecule has 0 bridgehead atoms. The van der Waals surface area contributed by atoms with Gasteiger partial charge in [0.15, 0.2) is 0 Å². The molecule has 0 aromatic carbocycles. The monoisotopic (exact) mass is 271 g/mol. The lowest BCUT2D eigenvalue weighted by Crippen LogP contribution is -2.48. The molecule has 0 heterocycles. The van der Waals surface area contributed by atoms with Crippen molar-refractivity contribution in [3.05, 3.63) is 0 Å². The van der Waals surface area contributed by atoms with Crippen LogP contribution in [0.25, 0.3) is 0 Å². The van der Waals surface area contributed by atoms with Crippen molar-refractivity contribution in [2.45, 2.75) is 91.7 Å². The van der Waals surface area contributed by atoms with Crippen molar-refractivity contribution in [3.63, 3.8) is 0 Å².